The van der Waals surface area contributed by atoms with Gasteiger partial charge in [0.1, 0.15) is 13.2 Å². The molecule has 2 aliphatic heterocycles. The molecule has 2 saturated heterocycles. The van der Waals surface area contributed by atoms with Gasteiger partial charge in [0, 0.05) is 18.7 Å². The molecule has 0 spiro atoms. The number of hydrogen-bond acceptors (Lipinski definition) is 5. The lowest BCUT2D eigenvalue weighted by Crippen LogP contribution is -2.46. The highest BCUT2D eigenvalue weighted by Crippen LogP contribution is 2.20. The first-order chi connectivity index (χ1) is 10.7. The number of imide groups is 1. The van der Waals surface area contributed by atoms with E-state index in [1.807, 2.05) is 0 Å². The third-order valence-corrected chi connectivity index (χ3v) is 3.60. The maximum Gasteiger partial charge on any atom is 0.259 e. The molecular formula is C15H16N2O5. The Morgan fingerprint density at radius 1 is 1.00 bits per heavy atom. The van der Waals surface area contributed by atoms with Crippen molar-refractivity contribution >= 4 is 23.4 Å². The normalized spacial score (nSPS) is 19.5. The summed E-state index contributed by atoms with van der Waals surface area (Å²) in [4.78, 5) is 38.9. The van der Waals surface area contributed by atoms with Crippen molar-refractivity contribution in [2.75, 3.05) is 44.4 Å². The Kier molecular flexibility index (Phi) is 4.17. The van der Waals surface area contributed by atoms with E-state index >= 15 is 0 Å². The summed E-state index contributed by atoms with van der Waals surface area (Å²) in [6.07, 6.45) is 0. The van der Waals surface area contributed by atoms with Crippen LogP contribution in [0.3, 0.4) is 0 Å². The number of carbonyl (C=O) groups is 3. The van der Waals surface area contributed by atoms with E-state index in [-0.39, 0.29) is 19.1 Å². The lowest BCUT2D eigenvalue weighted by Gasteiger charge is -2.28. The van der Waals surface area contributed by atoms with Crippen LogP contribution in [0.1, 0.15) is 10.4 Å². The van der Waals surface area contributed by atoms with Crippen molar-refractivity contribution in [3.63, 3.8) is 0 Å². The third kappa shape index (κ3) is 2.86. The fourth-order valence-corrected chi connectivity index (χ4v) is 2.51. The van der Waals surface area contributed by atoms with Crippen LogP contribution in [0, 0.1) is 0 Å². The smallest absolute Gasteiger partial charge is 0.259 e. The minimum absolute atomic E-state index is 0.127. The van der Waals surface area contributed by atoms with Crippen LogP contribution < -0.4 is 4.90 Å². The van der Waals surface area contributed by atoms with Crippen LogP contribution in [-0.2, 0) is 19.1 Å². The number of amides is 3. The molecule has 0 atom stereocenters. The van der Waals surface area contributed by atoms with Crippen LogP contribution in [-0.4, -0.2) is 62.1 Å². The van der Waals surface area contributed by atoms with E-state index in [1.54, 1.807) is 29.2 Å². The van der Waals surface area contributed by atoms with Crippen molar-refractivity contribution in [3.8, 4) is 0 Å². The van der Waals surface area contributed by atoms with E-state index in [2.05, 4.69) is 0 Å². The maximum absolute atomic E-state index is 12.5. The Hall–Kier alpha value is -2.25. The average molecular weight is 304 g/mol. The van der Waals surface area contributed by atoms with Crippen molar-refractivity contribution in [2.24, 2.45) is 0 Å². The zero-order valence-corrected chi connectivity index (χ0v) is 12.0. The summed E-state index contributed by atoms with van der Waals surface area (Å²) in [6, 6.07) is 6.55. The van der Waals surface area contributed by atoms with Gasteiger partial charge in [0.25, 0.3) is 17.7 Å². The summed E-state index contributed by atoms with van der Waals surface area (Å²) in [5.41, 5.74) is 0.851. The first-order valence-electron chi connectivity index (χ1n) is 7.07. The van der Waals surface area contributed by atoms with Gasteiger partial charge in [0.05, 0.1) is 18.9 Å². The molecular weight excluding hydrogens is 288 g/mol. The van der Waals surface area contributed by atoms with E-state index in [0.29, 0.717) is 37.6 Å². The van der Waals surface area contributed by atoms with Gasteiger partial charge < -0.3 is 14.4 Å². The first kappa shape index (κ1) is 14.7. The fourth-order valence-electron chi connectivity index (χ4n) is 2.51. The van der Waals surface area contributed by atoms with Gasteiger partial charge in [-0.2, -0.15) is 0 Å². The molecule has 22 heavy (non-hydrogen) atoms. The molecule has 0 saturated carbocycles. The number of anilines is 1. The molecule has 7 heteroatoms. The van der Waals surface area contributed by atoms with Crippen LogP contribution in [0.4, 0.5) is 5.69 Å². The molecule has 0 aromatic heterocycles. The predicted molar refractivity (Wildman–Crippen MR) is 76.5 cm³/mol. The molecule has 2 aliphatic rings. The maximum atomic E-state index is 12.5. The summed E-state index contributed by atoms with van der Waals surface area (Å²) in [5, 5.41) is 0. The number of carbonyl (C=O) groups excluding carboxylic acids is 3. The summed E-state index contributed by atoms with van der Waals surface area (Å²) >= 11 is 0. The molecule has 3 rings (SSSR count). The minimum atomic E-state index is -0.424. The first-order valence-corrected chi connectivity index (χ1v) is 7.07. The van der Waals surface area contributed by atoms with Gasteiger partial charge >= 0.3 is 0 Å². The van der Waals surface area contributed by atoms with Crippen LogP contribution in [0.2, 0.25) is 0 Å². The molecule has 2 fully saturated rings. The van der Waals surface area contributed by atoms with Crippen molar-refractivity contribution in [2.45, 2.75) is 0 Å². The largest absolute Gasteiger partial charge is 0.378 e. The minimum Gasteiger partial charge on any atom is -0.378 e. The van der Waals surface area contributed by atoms with Crippen LogP contribution in [0.5, 0.6) is 0 Å². The topological polar surface area (TPSA) is 76.2 Å². The van der Waals surface area contributed by atoms with Crippen molar-refractivity contribution in [1.29, 1.82) is 0 Å². The lowest BCUT2D eigenvalue weighted by atomic mass is 10.1. The molecule has 1 aromatic rings. The third-order valence-electron chi connectivity index (χ3n) is 3.60. The highest BCUT2D eigenvalue weighted by Gasteiger charge is 2.29. The summed E-state index contributed by atoms with van der Waals surface area (Å²) in [6.45, 7) is 1.86. The molecule has 0 aliphatic carbocycles. The molecule has 7 nitrogen and oxygen atoms in total. The van der Waals surface area contributed by atoms with Gasteiger partial charge in [-0.05, 0) is 18.2 Å². The molecule has 2 heterocycles. The standard InChI is InChI=1S/C15H16N2O5/c18-13-9-22-10-14(19)17(13)12-3-1-2-11(8-12)15(20)16-4-6-21-7-5-16/h1-3,8H,4-7,9-10H2. The van der Waals surface area contributed by atoms with Crippen LogP contribution >= 0.6 is 0 Å². The van der Waals surface area contributed by atoms with Gasteiger partial charge in [0.2, 0.25) is 0 Å². The van der Waals surface area contributed by atoms with Crippen molar-refractivity contribution < 1.29 is 23.9 Å². The second-order valence-corrected chi connectivity index (χ2v) is 5.07. The van der Waals surface area contributed by atoms with E-state index in [0.717, 1.165) is 4.90 Å². The zero-order chi connectivity index (χ0) is 15.5. The molecule has 0 bridgehead atoms. The highest BCUT2D eigenvalue weighted by atomic mass is 16.5. The number of rotatable bonds is 2. The van der Waals surface area contributed by atoms with Crippen molar-refractivity contribution in [3.05, 3.63) is 29.8 Å². The van der Waals surface area contributed by atoms with Gasteiger partial charge in [-0.3, -0.25) is 14.4 Å². The summed E-state index contributed by atoms with van der Waals surface area (Å²) in [5.74, 6) is -0.974. The molecule has 0 unspecified atom stereocenters. The number of morpholine rings is 2. The predicted octanol–water partition coefficient (Wildman–Crippen LogP) is 0.0488. The Bertz CT molecular complexity index is 594. The molecule has 3 amide bonds. The Balaban J connectivity index is 1.84. The Labute approximate surface area is 127 Å². The Morgan fingerprint density at radius 2 is 1.68 bits per heavy atom. The van der Waals surface area contributed by atoms with E-state index in [1.165, 1.54) is 0 Å². The monoisotopic (exact) mass is 304 g/mol. The second kappa shape index (κ2) is 6.25. The van der Waals surface area contributed by atoms with Crippen molar-refractivity contribution in [1.82, 2.24) is 4.90 Å². The number of hydrogen-bond donors (Lipinski definition) is 0. The van der Waals surface area contributed by atoms with Gasteiger partial charge in [-0.25, -0.2) is 4.90 Å². The zero-order valence-electron chi connectivity index (χ0n) is 12.0. The Morgan fingerprint density at radius 3 is 2.36 bits per heavy atom. The SMILES string of the molecule is O=C(c1cccc(N2C(=O)COCC2=O)c1)N1CCOCC1. The second-order valence-electron chi connectivity index (χ2n) is 5.07. The van der Waals surface area contributed by atoms with Crippen LogP contribution in [0.25, 0.3) is 0 Å². The van der Waals surface area contributed by atoms with E-state index < -0.39 is 11.8 Å². The molecule has 0 N–H and O–H groups in total. The highest BCUT2D eigenvalue weighted by molar-refractivity contribution is 6.17. The molecule has 116 valence electrons. The summed E-state index contributed by atoms with van der Waals surface area (Å²) in [7, 11) is 0. The van der Waals surface area contributed by atoms with Gasteiger partial charge in [-0.15, -0.1) is 0 Å². The molecule has 0 radical (unpaired) electrons. The fraction of sp³-hybridized carbons (Fsp3) is 0.400. The quantitative estimate of drug-likeness (QED) is 0.722. The number of ether oxygens (including phenoxy) is 2. The van der Waals surface area contributed by atoms with E-state index in [9.17, 15) is 14.4 Å². The number of benzene rings is 1. The van der Waals surface area contributed by atoms with Crippen LogP contribution in [0.15, 0.2) is 24.3 Å². The molecule has 1 aromatic carbocycles. The van der Waals surface area contributed by atoms with Gasteiger partial charge in [-0.1, -0.05) is 6.07 Å². The lowest BCUT2D eigenvalue weighted by molar-refractivity contribution is -0.138. The van der Waals surface area contributed by atoms with E-state index in [4.69, 9.17) is 9.47 Å². The number of nitrogens with zero attached hydrogens (tertiary/aromatic N) is 2. The average Bonchev–Trinajstić information content (AvgIpc) is 2.55. The van der Waals surface area contributed by atoms with Gasteiger partial charge in [0.15, 0.2) is 0 Å². The summed E-state index contributed by atoms with van der Waals surface area (Å²) < 4.78 is 10.1.